The van der Waals surface area contributed by atoms with Gasteiger partial charge in [-0.2, -0.15) is 5.10 Å². The average molecular weight is 287 g/mol. The Hall–Kier alpha value is -2.90. The molecule has 0 atom stereocenters. The number of nitrogens with zero attached hydrogens (tertiary/aromatic N) is 4. The van der Waals surface area contributed by atoms with E-state index in [1.54, 1.807) is 29.2 Å². The number of amides is 1. The summed E-state index contributed by atoms with van der Waals surface area (Å²) in [6, 6.07) is 5.02. The van der Waals surface area contributed by atoms with Crippen LogP contribution in [0.15, 0.2) is 46.1 Å². The Morgan fingerprint density at radius 2 is 2.33 bits per heavy atom. The summed E-state index contributed by atoms with van der Waals surface area (Å²) in [5, 5.41) is 10.5. The van der Waals surface area contributed by atoms with Crippen molar-refractivity contribution in [1.29, 1.82) is 0 Å². The summed E-state index contributed by atoms with van der Waals surface area (Å²) >= 11 is 0. The molecule has 3 heterocycles. The van der Waals surface area contributed by atoms with E-state index < -0.39 is 0 Å². The highest BCUT2D eigenvalue weighted by atomic mass is 16.5. The highest BCUT2D eigenvalue weighted by Gasteiger charge is 2.14. The second kappa shape index (κ2) is 6.04. The van der Waals surface area contributed by atoms with Gasteiger partial charge in [0.1, 0.15) is 12.7 Å². The van der Waals surface area contributed by atoms with Gasteiger partial charge in [0.05, 0.1) is 6.26 Å². The van der Waals surface area contributed by atoms with E-state index in [1.807, 2.05) is 0 Å². The Kier molecular flexibility index (Phi) is 3.77. The van der Waals surface area contributed by atoms with Crippen molar-refractivity contribution in [1.82, 2.24) is 25.2 Å². The van der Waals surface area contributed by atoms with Crippen molar-refractivity contribution in [3.63, 3.8) is 0 Å². The molecule has 1 N–H and O–H groups in total. The summed E-state index contributed by atoms with van der Waals surface area (Å²) in [5.41, 5.74) is 0.224. The van der Waals surface area contributed by atoms with Gasteiger partial charge in [-0.15, -0.1) is 0 Å². The molecule has 8 heteroatoms. The number of nitrogens with one attached hydrogen (secondary N) is 1. The van der Waals surface area contributed by atoms with Gasteiger partial charge in [0.25, 0.3) is 5.91 Å². The Balaban J connectivity index is 1.49. The zero-order valence-electron chi connectivity index (χ0n) is 11.1. The molecule has 21 heavy (non-hydrogen) atoms. The summed E-state index contributed by atoms with van der Waals surface area (Å²) in [5.74, 6) is 0.677. The smallest absolute Gasteiger partial charge is 0.273 e. The highest BCUT2D eigenvalue weighted by molar-refractivity contribution is 5.92. The molecule has 3 rings (SSSR count). The van der Waals surface area contributed by atoms with Gasteiger partial charge in [0.2, 0.25) is 5.76 Å². The molecule has 0 saturated carbocycles. The fraction of sp³-hybridized carbons (Fsp3) is 0.231. The number of furan rings is 1. The van der Waals surface area contributed by atoms with Crippen LogP contribution < -0.4 is 5.32 Å². The van der Waals surface area contributed by atoms with Crippen LogP contribution in [-0.4, -0.2) is 32.4 Å². The average Bonchev–Trinajstić information content (AvgIpc) is 3.25. The molecular weight excluding hydrogens is 274 g/mol. The van der Waals surface area contributed by atoms with E-state index in [0.29, 0.717) is 24.6 Å². The molecule has 0 aliphatic heterocycles. The van der Waals surface area contributed by atoms with Crippen LogP contribution >= 0.6 is 0 Å². The van der Waals surface area contributed by atoms with Crippen molar-refractivity contribution >= 4 is 5.91 Å². The van der Waals surface area contributed by atoms with Crippen molar-refractivity contribution in [3.8, 4) is 11.5 Å². The van der Waals surface area contributed by atoms with E-state index in [2.05, 4.69) is 20.6 Å². The number of carbonyl (C=O) groups is 1. The minimum Gasteiger partial charge on any atom is -0.461 e. The van der Waals surface area contributed by atoms with Crippen LogP contribution in [0.4, 0.5) is 0 Å². The standard InChI is InChI=1S/C13H13N5O3/c19-13(15-4-2-5-18-9-14-8-16-18)10-7-12(21-17-10)11-3-1-6-20-11/h1,3,6-9H,2,4-5H2,(H,15,19). The van der Waals surface area contributed by atoms with Gasteiger partial charge >= 0.3 is 0 Å². The van der Waals surface area contributed by atoms with Gasteiger partial charge in [-0.1, -0.05) is 5.16 Å². The highest BCUT2D eigenvalue weighted by Crippen LogP contribution is 2.20. The van der Waals surface area contributed by atoms with Crippen LogP contribution in [0, 0.1) is 0 Å². The van der Waals surface area contributed by atoms with E-state index in [9.17, 15) is 4.79 Å². The first-order chi connectivity index (χ1) is 10.3. The molecule has 0 unspecified atom stereocenters. The molecule has 0 bridgehead atoms. The molecule has 0 spiro atoms. The lowest BCUT2D eigenvalue weighted by Crippen LogP contribution is -2.25. The van der Waals surface area contributed by atoms with E-state index in [-0.39, 0.29) is 11.6 Å². The van der Waals surface area contributed by atoms with E-state index in [1.165, 1.54) is 12.6 Å². The maximum atomic E-state index is 11.9. The molecule has 0 aliphatic carbocycles. The molecule has 0 saturated heterocycles. The number of hydrogen-bond donors (Lipinski definition) is 1. The minimum absolute atomic E-state index is 0.224. The fourth-order valence-corrected chi connectivity index (χ4v) is 1.80. The van der Waals surface area contributed by atoms with Gasteiger partial charge < -0.3 is 14.3 Å². The van der Waals surface area contributed by atoms with E-state index >= 15 is 0 Å². The Bertz CT molecular complexity index is 687. The van der Waals surface area contributed by atoms with Crippen LogP contribution in [-0.2, 0) is 6.54 Å². The molecule has 0 aromatic carbocycles. The van der Waals surface area contributed by atoms with E-state index in [0.717, 1.165) is 6.42 Å². The molecule has 0 radical (unpaired) electrons. The maximum absolute atomic E-state index is 11.9. The lowest BCUT2D eigenvalue weighted by Gasteiger charge is -2.02. The summed E-state index contributed by atoms with van der Waals surface area (Å²) in [4.78, 5) is 15.7. The predicted octanol–water partition coefficient (Wildman–Crippen LogP) is 1.35. The van der Waals surface area contributed by atoms with Crippen LogP contribution in [0.1, 0.15) is 16.9 Å². The van der Waals surface area contributed by atoms with Crippen LogP contribution in [0.3, 0.4) is 0 Å². The minimum atomic E-state index is -0.282. The normalized spacial score (nSPS) is 10.7. The first-order valence-electron chi connectivity index (χ1n) is 6.44. The number of aromatic nitrogens is 4. The monoisotopic (exact) mass is 287 g/mol. The Morgan fingerprint density at radius 1 is 1.38 bits per heavy atom. The van der Waals surface area contributed by atoms with Crippen LogP contribution in [0.5, 0.6) is 0 Å². The summed E-state index contributed by atoms with van der Waals surface area (Å²) in [6.07, 6.45) is 5.39. The zero-order valence-corrected chi connectivity index (χ0v) is 11.1. The molecule has 3 aromatic rings. The predicted molar refractivity (Wildman–Crippen MR) is 71.2 cm³/mol. The molecule has 1 amide bonds. The van der Waals surface area contributed by atoms with Gasteiger partial charge in [0.15, 0.2) is 11.5 Å². The number of rotatable bonds is 6. The van der Waals surface area contributed by atoms with Crippen molar-refractivity contribution in [2.45, 2.75) is 13.0 Å². The summed E-state index contributed by atoms with van der Waals surface area (Å²) < 4.78 is 11.9. The first-order valence-corrected chi connectivity index (χ1v) is 6.44. The fourth-order valence-electron chi connectivity index (χ4n) is 1.80. The Morgan fingerprint density at radius 3 is 3.10 bits per heavy atom. The number of hydrogen-bond acceptors (Lipinski definition) is 6. The second-order valence-corrected chi connectivity index (χ2v) is 4.32. The lowest BCUT2D eigenvalue weighted by atomic mass is 10.3. The van der Waals surface area contributed by atoms with Crippen LogP contribution in [0.25, 0.3) is 11.5 Å². The quantitative estimate of drug-likeness (QED) is 0.687. The number of carbonyl (C=O) groups excluding carboxylic acids is 1. The van der Waals surface area contributed by atoms with Crippen molar-refractivity contribution in [3.05, 3.63) is 42.8 Å². The summed E-state index contributed by atoms with van der Waals surface area (Å²) in [7, 11) is 0. The second-order valence-electron chi connectivity index (χ2n) is 4.32. The van der Waals surface area contributed by atoms with Gasteiger partial charge in [0, 0.05) is 19.2 Å². The van der Waals surface area contributed by atoms with Crippen LogP contribution in [0.2, 0.25) is 0 Å². The zero-order chi connectivity index (χ0) is 14.5. The van der Waals surface area contributed by atoms with Gasteiger partial charge in [-0.05, 0) is 18.6 Å². The maximum Gasteiger partial charge on any atom is 0.273 e. The third-order valence-electron chi connectivity index (χ3n) is 2.82. The SMILES string of the molecule is O=C(NCCCn1cncn1)c1cc(-c2ccco2)on1. The van der Waals surface area contributed by atoms with Crippen molar-refractivity contribution < 1.29 is 13.7 Å². The lowest BCUT2D eigenvalue weighted by molar-refractivity contribution is 0.0943. The third kappa shape index (κ3) is 3.16. The summed E-state index contributed by atoms with van der Waals surface area (Å²) in [6.45, 7) is 1.21. The Labute approximate surface area is 119 Å². The van der Waals surface area contributed by atoms with Gasteiger partial charge in [-0.3, -0.25) is 9.48 Å². The molecule has 108 valence electrons. The topological polar surface area (TPSA) is 99.0 Å². The molecule has 8 nitrogen and oxygen atoms in total. The van der Waals surface area contributed by atoms with Crippen molar-refractivity contribution in [2.75, 3.05) is 6.54 Å². The molecule has 3 aromatic heterocycles. The molecule has 0 fully saturated rings. The number of aryl methyl sites for hydroxylation is 1. The van der Waals surface area contributed by atoms with E-state index in [4.69, 9.17) is 8.94 Å². The largest absolute Gasteiger partial charge is 0.461 e. The molecule has 0 aliphatic rings. The van der Waals surface area contributed by atoms with Gasteiger partial charge in [-0.25, -0.2) is 4.98 Å². The first kappa shape index (κ1) is 13.1. The third-order valence-corrected chi connectivity index (χ3v) is 2.82. The van der Waals surface area contributed by atoms with Crippen molar-refractivity contribution in [2.24, 2.45) is 0 Å². The molecular formula is C13H13N5O3.